The Bertz CT molecular complexity index is 582. The van der Waals surface area contributed by atoms with Crippen molar-refractivity contribution in [3.63, 3.8) is 0 Å². The molecule has 1 aromatic rings. The molecule has 3 heteroatoms. The average Bonchev–Trinajstić information content (AvgIpc) is 2.48. The summed E-state index contributed by atoms with van der Waals surface area (Å²) in [7, 11) is 0. The predicted molar refractivity (Wildman–Crippen MR) is 82.4 cm³/mol. The highest BCUT2D eigenvalue weighted by atomic mass is 16.5. The first-order valence-electron chi connectivity index (χ1n) is 7.32. The van der Waals surface area contributed by atoms with E-state index >= 15 is 0 Å². The number of hydrogen-bond donors (Lipinski definition) is 0. The van der Waals surface area contributed by atoms with Gasteiger partial charge in [-0.05, 0) is 50.5 Å². The molecule has 0 saturated heterocycles. The first-order valence-corrected chi connectivity index (χ1v) is 7.32. The number of carbonyl (C=O) groups excluding carboxylic acids is 2. The van der Waals surface area contributed by atoms with Gasteiger partial charge in [0.1, 0.15) is 17.3 Å². The van der Waals surface area contributed by atoms with Gasteiger partial charge >= 0.3 is 0 Å². The van der Waals surface area contributed by atoms with Crippen LogP contribution in [0.2, 0.25) is 0 Å². The Labute approximate surface area is 125 Å². The molecule has 1 aliphatic carbocycles. The van der Waals surface area contributed by atoms with Crippen molar-refractivity contribution in [1.29, 1.82) is 0 Å². The predicted octanol–water partition coefficient (Wildman–Crippen LogP) is 4.24. The maximum atomic E-state index is 12.1. The van der Waals surface area contributed by atoms with Gasteiger partial charge in [-0.15, -0.1) is 0 Å². The number of Topliss-reactive ketones (excluding diaryl/α,β-unsaturated/α-hetero) is 2. The highest BCUT2D eigenvalue weighted by Gasteiger charge is 2.08. The second-order valence-corrected chi connectivity index (χ2v) is 5.19. The zero-order chi connectivity index (χ0) is 15.1. The number of allylic oxidation sites excluding steroid dienone is 3. The molecule has 1 aromatic carbocycles. The van der Waals surface area contributed by atoms with Crippen LogP contribution in [0, 0.1) is 0 Å². The van der Waals surface area contributed by atoms with Crippen LogP contribution in [0.25, 0.3) is 0 Å². The normalized spacial score (nSPS) is 13.7. The number of carbonyl (C=O) groups is 2. The van der Waals surface area contributed by atoms with Crippen LogP contribution in [-0.4, -0.2) is 11.6 Å². The summed E-state index contributed by atoms with van der Waals surface area (Å²) in [6, 6.07) is 7.21. The summed E-state index contributed by atoms with van der Waals surface area (Å²) < 4.78 is 5.76. The van der Waals surface area contributed by atoms with Crippen molar-refractivity contribution in [1.82, 2.24) is 0 Å². The zero-order valence-corrected chi connectivity index (χ0v) is 12.3. The maximum absolute atomic E-state index is 12.1. The van der Waals surface area contributed by atoms with E-state index in [1.54, 1.807) is 19.1 Å². The van der Waals surface area contributed by atoms with E-state index in [1.165, 1.54) is 0 Å². The second kappa shape index (κ2) is 7.58. The smallest absolute Gasteiger partial charge is 0.163 e. The molecule has 0 N–H and O–H groups in total. The molecule has 0 fully saturated rings. The molecular weight excluding hydrogens is 264 g/mol. The first-order chi connectivity index (χ1) is 10.1. The summed E-state index contributed by atoms with van der Waals surface area (Å²) in [5.41, 5.74) is 0.636. The van der Waals surface area contributed by atoms with E-state index in [-0.39, 0.29) is 11.6 Å². The maximum Gasteiger partial charge on any atom is 0.163 e. The highest BCUT2D eigenvalue weighted by molar-refractivity contribution is 5.96. The molecule has 0 bridgehead atoms. The lowest BCUT2D eigenvalue weighted by Gasteiger charge is -2.10. The second-order valence-electron chi connectivity index (χ2n) is 5.19. The lowest BCUT2D eigenvalue weighted by atomic mass is 10.0. The van der Waals surface area contributed by atoms with E-state index in [0.29, 0.717) is 30.6 Å². The summed E-state index contributed by atoms with van der Waals surface area (Å²) >= 11 is 0. The van der Waals surface area contributed by atoms with E-state index < -0.39 is 0 Å². The van der Waals surface area contributed by atoms with E-state index in [0.717, 1.165) is 18.6 Å². The molecule has 3 nitrogen and oxygen atoms in total. The van der Waals surface area contributed by atoms with E-state index in [4.69, 9.17) is 4.74 Å². The molecule has 2 rings (SSSR count). The highest BCUT2D eigenvalue weighted by Crippen LogP contribution is 2.20. The minimum Gasteiger partial charge on any atom is -0.458 e. The van der Waals surface area contributed by atoms with Gasteiger partial charge < -0.3 is 9.53 Å². The summed E-state index contributed by atoms with van der Waals surface area (Å²) in [6.07, 6.45) is 9.55. The Morgan fingerprint density at radius 2 is 2.05 bits per heavy atom. The lowest BCUT2D eigenvalue weighted by molar-refractivity contribution is -0.117. The molecule has 0 saturated carbocycles. The molecule has 0 spiro atoms. The van der Waals surface area contributed by atoms with E-state index in [1.807, 2.05) is 24.3 Å². The first kappa shape index (κ1) is 15.2. The Morgan fingerprint density at radius 3 is 2.76 bits per heavy atom. The summed E-state index contributed by atoms with van der Waals surface area (Å²) in [5.74, 6) is 1.67. The third-order valence-corrected chi connectivity index (χ3v) is 3.29. The average molecular weight is 284 g/mol. The SMILES string of the molecule is CC(=O)CCCC(=O)c1cccc(OC2=CCCC=C2)c1. The van der Waals surface area contributed by atoms with Crippen molar-refractivity contribution in [2.45, 2.75) is 39.0 Å². The van der Waals surface area contributed by atoms with Crippen LogP contribution in [0.3, 0.4) is 0 Å². The van der Waals surface area contributed by atoms with Gasteiger partial charge in [0, 0.05) is 18.4 Å². The van der Waals surface area contributed by atoms with Crippen LogP contribution in [0.4, 0.5) is 0 Å². The number of benzene rings is 1. The van der Waals surface area contributed by atoms with Gasteiger partial charge in [0.05, 0.1) is 0 Å². The van der Waals surface area contributed by atoms with Crippen molar-refractivity contribution in [2.75, 3.05) is 0 Å². The molecule has 0 unspecified atom stereocenters. The molecule has 0 amide bonds. The molecule has 0 heterocycles. The third-order valence-electron chi connectivity index (χ3n) is 3.29. The Hall–Kier alpha value is -2.16. The minimum absolute atomic E-state index is 0.0508. The monoisotopic (exact) mass is 284 g/mol. The lowest BCUT2D eigenvalue weighted by Crippen LogP contribution is -2.02. The molecule has 0 aromatic heterocycles. The van der Waals surface area contributed by atoms with Crippen molar-refractivity contribution in [3.05, 3.63) is 53.8 Å². The molecule has 0 atom stereocenters. The van der Waals surface area contributed by atoms with Gasteiger partial charge in [-0.1, -0.05) is 18.2 Å². The Morgan fingerprint density at radius 1 is 1.19 bits per heavy atom. The van der Waals surface area contributed by atoms with Gasteiger partial charge in [-0.2, -0.15) is 0 Å². The van der Waals surface area contributed by atoms with Crippen molar-refractivity contribution in [2.24, 2.45) is 0 Å². The summed E-state index contributed by atoms with van der Waals surface area (Å²) in [4.78, 5) is 23.0. The molecular formula is C18H20O3. The fourth-order valence-corrected chi connectivity index (χ4v) is 2.18. The van der Waals surface area contributed by atoms with Gasteiger partial charge in [0.15, 0.2) is 5.78 Å². The van der Waals surface area contributed by atoms with Crippen molar-refractivity contribution >= 4 is 11.6 Å². The van der Waals surface area contributed by atoms with E-state index in [9.17, 15) is 9.59 Å². The van der Waals surface area contributed by atoms with Crippen LogP contribution in [0.15, 0.2) is 48.3 Å². The minimum atomic E-state index is 0.0508. The van der Waals surface area contributed by atoms with Crippen molar-refractivity contribution in [3.8, 4) is 5.75 Å². The fourth-order valence-electron chi connectivity index (χ4n) is 2.18. The number of hydrogen-bond acceptors (Lipinski definition) is 3. The quantitative estimate of drug-likeness (QED) is 0.703. The summed E-state index contributed by atoms with van der Waals surface area (Å²) in [6.45, 7) is 1.55. The number of rotatable bonds is 7. The van der Waals surface area contributed by atoms with Crippen LogP contribution < -0.4 is 4.74 Å². The van der Waals surface area contributed by atoms with Gasteiger partial charge in [-0.3, -0.25) is 4.79 Å². The van der Waals surface area contributed by atoms with Gasteiger partial charge in [0.2, 0.25) is 0 Å². The van der Waals surface area contributed by atoms with Crippen molar-refractivity contribution < 1.29 is 14.3 Å². The van der Waals surface area contributed by atoms with E-state index in [2.05, 4.69) is 6.08 Å². The third kappa shape index (κ3) is 5.03. The van der Waals surface area contributed by atoms with Crippen LogP contribution in [0.5, 0.6) is 5.75 Å². The summed E-state index contributed by atoms with van der Waals surface area (Å²) in [5, 5.41) is 0. The number of ketones is 2. The molecule has 110 valence electrons. The van der Waals surface area contributed by atoms with Crippen LogP contribution >= 0.6 is 0 Å². The standard InChI is InChI=1S/C18H20O3/c1-14(19)7-5-12-18(20)15-8-6-11-17(13-15)21-16-9-3-2-4-10-16/h3,6,8-11,13H,2,4-5,7,12H2,1H3. The number of ether oxygens (including phenoxy) is 1. The van der Waals surface area contributed by atoms with Gasteiger partial charge in [-0.25, -0.2) is 0 Å². The van der Waals surface area contributed by atoms with Crippen LogP contribution in [-0.2, 0) is 4.79 Å². The molecule has 0 aliphatic heterocycles. The molecule has 0 radical (unpaired) electrons. The van der Waals surface area contributed by atoms with Gasteiger partial charge in [0.25, 0.3) is 0 Å². The Kier molecular flexibility index (Phi) is 5.50. The Balaban J connectivity index is 1.96. The van der Waals surface area contributed by atoms with Crippen LogP contribution in [0.1, 0.15) is 49.4 Å². The topological polar surface area (TPSA) is 43.4 Å². The fraction of sp³-hybridized carbons (Fsp3) is 0.333. The largest absolute Gasteiger partial charge is 0.458 e. The molecule has 1 aliphatic rings. The zero-order valence-electron chi connectivity index (χ0n) is 12.3. The molecule has 21 heavy (non-hydrogen) atoms.